The molecule has 7 nitrogen and oxygen atoms in total. The first-order chi connectivity index (χ1) is 12.5. The Morgan fingerprint density at radius 1 is 1.38 bits per heavy atom. The van der Waals surface area contributed by atoms with Crippen LogP contribution in [0.15, 0.2) is 34.2 Å². The van der Waals surface area contributed by atoms with Crippen molar-refractivity contribution in [2.75, 3.05) is 19.6 Å². The van der Waals surface area contributed by atoms with Gasteiger partial charge in [-0.3, -0.25) is 4.99 Å². The molecule has 0 aromatic heterocycles. The van der Waals surface area contributed by atoms with Crippen LogP contribution in [0.25, 0.3) is 0 Å². The minimum Gasteiger partial charge on any atom is -0.373 e. The number of benzene rings is 1. The van der Waals surface area contributed by atoms with Gasteiger partial charge in [-0.25, -0.2) is 13.1 Å². The predicted octanol–water partition coefficient (Wildman–Crippen LogP) is 1.49. The zero-order valence-electron chi connectivity index (χ0n) is 14.7. The average Bonchev–Trinajstić information content (AvgIpc) is 3.22. The first-order valence-corrected chi connectivity index (χ1v) is 10.8. The summed E-state index contributed by atoms with van der Waals surface area (Å²) in [4.78, 5) is 4.61. The van der Waals surface area contributed by atoms with Gasteiger partial charge in [0, 0.05) is 18.1 Å². The number of hydrogen-bond donors (Lipinski definition) is 3. The molecule has 0 amide bonds. The van der Waals surface area contributed by atoms with Gasteiger partial charge in [-0.05, 0) is 44.4 Å². The molecule has 2 bridgehead atoms. The summed E-state index contributed by atoms with van der Waals surface area (Å²) in [5, 5.41) is 6.99. The van der Waals surface area contributed by atoms with Crippen LogP contribution in [0.4, 0.5) is 0 Å². The minimum atomic E-state index is -3.59. The molecule has 0 saturated carbocycles. The van der Waals surface area contributed by atoms with Crippen molar-refractivity contribution in [3.63, 3.8) is 0 Å². The van der Waals surface area contributed by atoms with Crippen LogP contribution in [0.1, 0.15) is 26.2 Å². The lowest BCUT2D eigenvalue weighted by Gasteiger charge is -2.22. The molecule has 2 saturated heterocycles. The van der Waals surface area contributed by atoms with Crippen LogP contribution in [0.5, 0.6) is 0 Å². The molecular weight excluding hydrogens is 376 g/mol. The summed E-state index contributed by atoms with van der Waals surface area (Å²) in [7, 11) is -3.59. The molecule has 3 atom stereocenters. The van der Waals surface area contributed by atoms with Gasteiger partial charge in [0.25, 0.3) is 0 Å². The summed E-state index contributed by atoms with van der Waals surface area (Å²) in [5.74, 6) is 0.690. The van der Waals surface area contributed by atoms with E-state index in [1.54, 1.807) is 12.1 Å². The molecule has 2 aliphatic rings. The number of aliphatic imine (C=N–C) groups is 1. The summed E-state index contributed by atoms with van der Waals surface area (Å²) in [6.45, 7) is 3.27. The van der Waals surface area contributed by atoms with Crippen molar-refractivity contribution in [1.29, 1.82) is 0 Å². The predicted molar refractivity (Wildman–Crippen MR) is 102 cm³/mol. The van der Waals surface area contributed by atoms with Gasteiger partial charge < -0.3 is 15.4 Å². The van der Waals surface area contributed by atoms with Gasteiger partial charge in [0.15, 0.2) is 5.96 Å². The third-order valence-electron chi connectivity index (χ3n) is 4.55. The molecule has 3 rings (SSSR count). The number of rotatable bonds is 7. The highest BCUT2D eigenvalue weighted by Gasteiger charge is 2.41. The number of nitrogens with zero attached hydrogens (tertiary/aromatic N) is 1. The van der Waals surface area contributed by atoms with Gasteiger partial charge in [-0.15, -0.1) is 0 Å². The summed E-state index contributed by atoms with van der Waals surface area (Å²) < 4.78 is 32.9. The van der Waals surface area contributed by atoms with Crippen molar-refractivity contribution in [2.45, 2.75) is 49.3 Å². The minimum absolute atomic E-state index is 0.151. The van der Waals surface area contributed by atoms with Crippen LogP contribution in [0.3, 0.4) is 0 Å². The lowest BCUT2D eigenvalue weighted by atomic mass is 9.96. The number of nitrogens with one attached hydrogen (secondary N) is 3. The van der Waals surface area contributed by atoms with E-state index < -0.39 is 10.0 Å². The Kier molecular flexibility index (Phi) is 6.39. The maximum atomic E-state index is 12.3. The number of ether oxygens (including phenoxy) is 1. The van der Waals surface area contributed by atoms with E-state index in [1.807, 2.05) is 6.92 Å². The molecule has 2 fully saturated rings. The molecular formula is C17H25ClN4O3S. The van der Waals surface area contributed by atoms with Gasteiger partial charge in [-0.1, -0.05) is 17.7 Å². The standard InChI is InChI=1S/C17H25ClN4O3S/c1-2-19-17(22-15-11-13-6-7-16(15)25-13)20-8-9-21-26(23,24)14-5-3-4-12(18)10-14/h3-5,10,13,15-16,21H,2,6-9,11H2,1H3,(H2,19,20,22). The maximum absolute atomic E-state index is 12.3. The van der Waals surface area contributed by atoms with E-state index in [-0.39, 0.29) is 23.6 Å². The molecule has 1 aromatic rings. The highest BCUT2D eigenvalue weighted by molar-refractivity contribution is 7.89. The van der Waals surface area contributed by atoms with E-state index in [4.69, 9.17) is 16.3 Å². The fourth-order valence-corrected chi connectivity index (χ4v) is 4.67. The van der Waals surface area contributed by atoms with Crippen molar-refractivity contribution >= 4 is 27.6 Å². The van der Waals surface area contributed by atoms with Crippen molar-refractivity contribution in [2.24, 2.45) is 4.99 Å². The molecule has 0 spiro atoms. The highest BCUT2D eigenvalue weighted by atomic mass is 35.5. The van der Waals surface area contributed by atoms with Crippen LogP contribution >= 0.6 is 11.6 Å². The summed E-state index contributed by atoms with van der Waals surface area (Å²) in [5.41, 5.74) is 0. The van der Waals surface area contributed by atoms with Gasteiger partial charge in [-0.2, -0.15) is 0 Å². The van der Waals surface area contributed by atoms with Crippen molar-refractivity contribution in [1.82, 2.24) is 15.4 Å². The zero-order chi connectivity index (χ0) is 18.6. The highest BCUT2D eigenvalue weighted by Crippen LogP contribution is 2.34. The van der Waals surface area contributed by atoms with E-state index in [1.165, 1.54) is 12.1 Å². The molecule has 9 heteroatoms. The largest absolute Gasteiger partial charge is 0.373 e. The smallest absolute Gasteiger partial charge is 0.240 e. The molecule has 0 aliphatic carbocycles. The summed E-state index contributed by atoms with van der Waals surface area (Å²) in [6, 6.07) is 6.46. The maximum Gasteiger partial charge on any atom is 0.240 e. The van der Waals surface area contributed by atoms with Crippen LogP contribution < -0.4 is 15.4 Å². The summed E-state index contributed by atoms with van der Waals surface area (Å²) >= 11 is 5.86. The number of guanidine groups is 1. The Labute approximate surface area is 159 Å². The quantitative estimate of drug-likeness (QED) is 0.366. The van der Waals surface area contributed by atoms with Gasteiger partial charge in [0.05, 0.1) is 29.7 Å². The number of fused-ring (bicyclic) bond motifs is 2. The topological polar surface area (TPSA) is 91.8 Å². The van der Waals surface area contributed by atoms with E-state index in [2.05, 4.69) is 20.3 Å². The van der Waals surface area contributed by atoms with Crippen LogP contribution in [0, 0.1) is 0 Å². The Morgan fingerprint density at radius 3 is 2.88 bits per heavy atom. The fourth-order valence-electron chi connectivity index (χ4n) is 3.35. The molecule has 144 valence electrons. The van der Waals surface area contributed by atoms with E-state index in [9.17, 15) is 8.42 Å². The second-order valence-corrected chi connectivity index (χ2v) is 8.68. The second-order valence-electron chi connectivity index (χ2n) is 6.48. The Morgan fingerprint density at radius 2 is 2.23 bits per heavy atom. The molecule has 2 aliphatic heterocycles. The number of sulfonamides is 1. The van der Waals surface area contributed by atoms with E-state index >= 15 is 0 Å². The van der Waals surface area contributed by atoms with E-state index in [0.29, 0.717) is 23.6 Å². The monoisotopic (exact) mass is 400 g/mol. The normalized spacial score (nSPS) is 25.5. The van der Waals surface area contributed by atoms with Gasteiger partial charge >= 0.3 is 0 Å². The Balaban J connectivity index is 1.52. The van der Waals surface area contributed by atoms with Crippen molar-refractivity contribution in [3.8, 4) is 0 Å². The first kappa shape index (κ1) is 19.4. The molecule has 26 heavy (non-hydrogen) atoms. The lowest BCUT2D eigenvalue weighted by molar-refractivity contribution is 0.0992. The molecule has 1 aromatic carbocycles. The number of hydrogen-bond acceptors (Lipinski definition) is 4. The van der Waals surface area contributed by atoms with Gasteiger partial charge in [0.1, 0.15) is 0 Å². The van der Waals surface area contributed by atoms with Crippen molar-refractivity contribution < 1.29 is 13.2 Å². The third-order valence-corrected chi connectivity index (χ3v) is 6.25. The number of halogens is 1. The van der Waals surface area contributed by atoms with E-state index in [0.717, 1.165) is 25.8 Å². The van der Waals surface area contributed by atoms with Crippen LogP contribution in [0.2, 0.25) is 5.02 Å². The molecule has 3 unspecified atom stereocenters. The first-order valence-electron chi connectivity index (χ1n) is 8.93. The summed E-state index contributed by atoms with van der Waals surface area (Å²) in [6.07, 6.45) is 3.84. The SMILES string of the molecule is CCNC(=NCCNS(=O)(=O)c1cccc(Cl)c1)NC1CC2CCC1O2. The third kappa shape index (κ3) is 4.88. The van der Waals surface area contributed by atoms with Gasteiger partial charge in [0.2, 0.25) is 10.0 Å². The van der Waals surface area contributed by atoms with Crippen LogP contribution in [-0.2, 0) is 14.8 Å². The fraction of sp³-hybridized carbons (Fsp3) is 0.588. The van der Waals surface area contributed by atoms with Crippen molar-refractivity contribution in [3.05, 3.63) is 29.3 Å². The lowest BCUT2D eigenvalue weighted by Crippen LogP contribution is -2.47. The molecule has 3 N–H and O–H groups in total. The Bertz CT molecular complexity index is 756. The zero-order valence-corrected chi connectivity index (χ0v) is 16.3. The van der Waals surface area contributed by atoms with Crippen LogP contribution in [-0.4, -0.2) is 52.3 Å². The molecule has 2 heterocycles. The molecule has 0 radical (unpaired) electrons. The average molecular weight is 401 g/mol. The Hall–Kier alpha value is -1.35. The second kappa shape index (κ2) is 8.56.